The zero-order valence-electron chi connectivity index (χ0n) is 11.7. The molecule has 4 N–H and O–H groups in total. The average Bonchev–Trinajstić information content (AvgIpc) is 2.36. The van der Waals surface area contributed by atoms with Crippen LogP contribution in [0.2, 0.25) is 0 Å². The SMILES string of the molecule is CN1CCC(CNC(=O)N(CC(N)=O)CC(=O)O)CC1. The summed E-state index contributed by atoms with van der Waals surface area (Å²) in [7, 11) is 2.05. The number of likely N-dealkylation sites (tertiary alicyclic amines) is 1. The van der Waals surface area contributed by atoms with Crippen molar-refractivity contribution < 1.29 is 19.5 Å². The first-order chi connectivity index (χ1) is 9.38. The molecule has 0 aliphatic carbocycles. The summed E-state index contributed by atoms with van der Waals surface area (Å²) in [5.74, 6) is -1.53. The number of nitrogens with two attached hydrogens (primary N) is 1. The normalized spacial score (nSPS) is 16.6. The van der Waals surface area contributed by atoms with Gasteiger partial charge in [-0.15, -0.1) is 0 Å². The van der Waals surface area contributed by atoms with Crippen molar-refractivity contribution >= 4 is 17.9 Å². The van der Waals surface area contributed by atoms with E-state index in [2.05, 4.69) is 17.3 Å². The highest BCUT2D eigenvalue weighted by Crippen LogP contribution is 2.14. The van der Waals surface area contributed by atoms with Gasteiger partial charge in [0, 0.05) is 6.54 Å². The number of hydrogen-bond acceptors (Lipinski definition) is 4. The van der Waals surface area contributed by atoms with E-state index in [1.165, 1.54) is 0 Å². The van der Waals surface area contributed by atoms with Gasteiger partial charge in [-0.1, -0.05) is 0 Å². The molecular formula is C12H22N4O4. The maximum absolute atomic E-state index is 11.9. The van der Waals surface area contributed by atoms with Crippen LogP contribution >= 0.6 is 0 Å². The maximum Gasteiger partial charge on any atom is 0.323 e. The molecule has 3 amide bonds. The fraction of sp³-hybridized carbons (Fsp3) is 0.750. The molecule has 0 aromatic carbocycles. The Hall–Kier alpha value is -1.83. The van der Waals surface area contributed by atoms with Crippen LogP contribution in [0.1, 0.15) is 12.8 Å². The molecule has 0 saturated carbocycles. The van der Waals surface area contributed by atoms with Gasteiger partial charge >= 0.3 is 12.0 Å². The number of hydrogen-bond donors (Lipinski definition) is 3. The monoisotopic (exact) mass is 286 g/mol. The molecule has 0 atom stereocenters. The van der Waals surface area contributed by atoms with Gasteiger partial charge in [0.05, 0.1) is 0 Å². The van der Waals surface area contributed by atoms with Crippen LogP contribution < -0.4 is 11.1 Å². The van der Waals surface area contributed by atoms with Crippen LogP contribution in [0.25, 0.3) is 0 Å². The summed E-state index contributed by atoms with van der Waals surface area (Å²) in [6.45, 7) is 1.52. The summed E-state index contributed by atoms with van der Waals surface area (Å²) in [6, 6.07) is -0.565. The van der Waals surface area contributed by atoms with Gasteiger partial charge in [0.2, 0.25) is 5.91 Å². The van der Waals surface area contributed by atoms with E-state index in [-0.39, 0.29) is 0 Å². The van der Waals surface area contributed by atoms with E-state index in [1.54, 1.807) is 0 Å². The zero-order valence-corrected chi connectivity index (χ0v) is 11.7. The number of carbonyl (C=O) groups is 3. The molecule has 1 aliphatic rings. The van der Waals surface area contributed by atoms with Crippen molar-refractivity contribution in [2.24, 2.45) is 11.7 Å². The minimum atomic E-state index is -1.18. The lowest BCUT2D eigenvalue weighted by Gasteiger charge is -2.29. The second kappa shape index (κ2) is 7.68. The van der Waals surface area contributed by atoms with Crippen LogP contribution in [-0.4, -0.2) is 72.6 Å². The number of rotatable bonds is 6. The highest BCUT2D eigenvalue weighted by molar-refractivity contribution is 5.85. The van der Waals surface area contributed by atoms with Crippen molar-refractivity contribution in [1.29, 1.82) is 0 Å². The van der Waals surface area contributed by atoms with E-state index in [9.17, 15) is 14.4 Å². The molecule has 8 nitrogen and oxygen atoms in total. The van der Waals surface area contributed by atoms with E-state index in [4.69, 9.17) is 10.8 Å². The van der Waals surface area contributed by atoms with Gasteiger partial charge in [-0.3, -0.25) is 9.59 Å². The Labute approximate surface area is 117 Å². The molecule has 0 spiro atoms. The van der Waals surface area contributed by atoms with Crippen molar-refractivity contribution in [2.75, 3.05) is 39.8 Å². The number of piperidine rings is 1. The second-order valence-electron chi connectivity index (χ2n) is 5.15. The zero-order chi connectivity index (χ0) is 15.1. The van der Waals surface area contributed by atoms with Crippen molar-refractivity contribution in [1.82, 2.24) is 15.1 Å². The fourth-order valence-corrected chi connectivity index (χ4v) is 2.16. The summed E-state index contributed by atoms with van der Waals surface area (Å²) in [6.07, 6.45) is 1.98. The Kier molecular flexibility index (Phi) is 6.23. The standard InChI is InChI=1S/C12H22N4O4/c1-15-4-2-9(3-5-15)6-14-12(20)16(7-10(13)17)8-11(18)19/h9H,2-8H2,1H3,(H2,13,17)(H,14,20)(H,18,19). The number of primary amides is 1. The summed E-state index contributed by atoms with van der Waals surface area (Å²) in [5, 5.41) is 11.4. The third-order valence-electron chi connectivity index (χ3n) is 3.34. The minimum Gasteiger partial charge on any atom is -0.480 e. The van der Waals surface area contributed by atoms with Crippen molar-refractivity contribution in [3.05, 3.63) is 0 Å². The number of urea groups is 1. The van der Waals surface area contributed by atoms with Gasteiger partial charge in [-0.25, -0.2) is 4.79 Å². The van der Waals surface area contributed by atoms with E-state index in [0.29, 0.717) is 12.5 Å². The number of nitrogens with one attached hydrogen (secondary N) is 1. The molecule has 1 rings (SSSR count). The molecule has 20 heavy (non-hydrogen) atoms. The van der Waals surface area contributed by atoms with Crippen LogP contribution in [0.4, 0.5) is 4.79 Å². The van der Waals surface area contributed by atoms with Crippen molar-refractivity contribution in [3.63, 3.8) is 0 Å². The molecule has 0 radical (unpaired) electrons. The highest BCUT2D eigenvalue weighted by atomic mass is 16.4. The van der Waals surface area contributed by atoms with Gasteiger partial charge in [0.1, 0.15) is 13.1 Å². The fourth-order valence-electron chi connectivity index (χ4n) is 2.16. The van der Waals surface area contributed by atoms with Crippen LogP contribution in [0.3, 0.4) is 0 Å². The molecule has 0 unspecified atom stereocenters. The average molecular weight is 286 g/mol. The van der Waals surface area contributed by atoms with Crippen LogP contribution in [0, 0.1) is 5.92 Å². The molecule has 1 fully saturated rings. The Morgan fingerprint density at radius 2 is 1.90 bits per heavy atom. The van der Waals surface area contributed by atoms with Gasteiger partial charge < -0.3 is 26.0 Å². The van der Waals surface area contributed by atoms with Gasteiger partial charge in [0.15, 0.2) is 0 Å². The van der Waals surface area contributed by atoms with E-state index in [0.717, 1.165) is 30.8 Å². The van der Waals surface area contributed by atoms with Gasteiger partial charge in [-0.2, -0.15) is 0 Å². The van der Waals surface area contributed by atoms with Crippen LogP contribution in [-0.2, 0) is 9.59 Å². The first-order valence-electron chi connectivity index (χ1n) is 6.60. The predicted octanol–water partition coefficient (Wildman–Crippen LogP) is -1.09. The van der Waals surface area contributed by atoms with Crippen molar-refractivity contribution in [2.45, 2.75) is 12.8 Å². The minimum absolute atomic E-state index is 0.385. The molecule has 1 aliphatic heterocycles. The maximum atomic E-state index is 11.9. The Balaban J connectivity index is 2.40. The highest BCUT2D eigenvalue weighted by Gasteiger charge is 2.21. The number of aliphatic carboxylic acids is 1. The number of nitrogens with zero attached hydrogens (tertiary/aromatic N) is 2. The van der Waals surface area contributed by atoms with Gasteiger partial charge in [-0.05, 0) is 38.9 Å². The predicted molar refractivity (Wildman–Crippen MR) is 72.0 cm³/mol. The Morgan fingerprint density at radius 3 is 2.40 bits per heavy atom. The molecule has 0 bridgehead atoms. The molecule has 0 aromatic rings. The molecule has 1 saturated heterocycles. The first-order valence-corrected chi connectivity index (χ1v) is 6.60. The third-order valence-corrected chi connectivity index (χ3v) is 3.34. The Bertz CT molecular complexity index is 350. The number of carbonyl (C=O) groups excluding carboxylic acids is 2. The second-order valence-corrected chi connectivity index (χ2v) is 5.15. The molecule has 114 valence electrons. The Morgan fingerprint density at radius 1 is 1.30 bits per heavy atom. The largest absolute Gasteiger partial charge is 0.480 e. The number of amides is 3. The van der Waals surface area contributed by atoms with E-state index < -0.39 is 31.0 Å². The number of carboxylic acid groups (broad SMARTS) is 1. The summed E-state index contributed by atoms with van der Waals surface area (Å²) in [5.41, 5.74) is 5.00. The molecule has 8 heteroatoms. The lowest BCUT2D eigenvalue weighted by Crippen LogP contribution is -2.48. The number of carboxylic acids is 1. The molecule has 1 heterocycles. The lowest BCUT2D eigenvalue weighted by atomic mass is 9.97. The van der Waals surface area contributed by atoms with E-state index in [1.807, 2.05) is 0 Å². The molecule has 0 aromatic heterocycles. The lowest BCUT2D eigenvalue weighted by molar-refractivity contribution is -0.137. The summed E-state index contributed by atoms with van der Waals surface area (Å²) >= 11 is 0. The summed E-state index contributed by atoms with van der Waals surface area (Å²) < 4.78 is 0. The topological polar surface area (TPSA) is 116 Å². The smallest absolute Gasteiger partial charge is 0.323 e. The summed E-state index contributed by atoms with van der Waals surface area (Å²) in [4.78, 5) is 36.5. The van der Waals surface area contributed by atoms with Crippen LogP contribution in [0.15, 0.2) is 0 Å². The third kappa shape index (κ3) is 5.87. The van der Waals surface area contributed by atoms with Crippen LogP contribution in [0.5, 0.6) is 0 Å². The van der Waals surface area contributed by atoms with Crippen molar-refractivity contribution in [3.8, 4) is 0 Å². The first kappa shape index (κ1) is 16.2. The van der Waals surface area contributed by atoms with Gasteiger partial charge in [0.25, 0.3) is 0 Å². The quantitative estimate of drug-likeness (QED) is 0.574. The molecular weight excluding hydrogens is 264 g/mol. The van der Waals surface area contributed by atoms with E-state index >= 15 is 0 Å².